The Labute approximate surface area is 93.7 Å². The lowest BCUT2D eigenvalue weighted by atomic mass is 10.2. The van der Waals surface area contributed by atoms with Gasteiger partial charge in [-0.1, -0.05) is 15.9 Å². The van der Waals surface area contributed by atoms with Gasteiger partial charge in [0.05, 0.1) is 11.7 Å². The summed E-state index contributed by atoms with van der Waals surface area (Å²) in [6, 6.07) is 5.99. The van der Waals surface area contributed by atoms with Crippen LogP contribution in [0.3, 0.4) is 0 Å². The number of fused-ring (bicyclic) bond motifs is 3. The molecule has 0 spiro atoms. The molecule has 15 heavy (non-hydrogen) atoms. The smallest absolute Gasteiger partial charge is 0.220 e. The second kappa shape index (κ2) is 2.93. The van der Waals surface area contributed by atoms with Crippen molar-refractivity contribution in [2.75, 3.05) is 5.73 Å². The Morgan fingerprint density at radius 3 is 3.00 bits per heavy atom. The highest BCUT2D eigenvalue weighted by Gasteiger charge is 2.06. The third-order valence-electron chi connectivity index (χ3n) is 2.31. The lowest BCUT2D eigenvalue weighted by Crippen LogP contribution is -1.92. The number of nitrogens with two attached hydrogens (primary N) is 1. The number of aromatic amines is 1. The zero-order chi connectivity index (χ0) is 10.4. The van der Waals surface area contributed by atoms with E-state index in [0.29, 0.717) is 5.95 Å². The molecule has 3 aromatic rings. The van der Waals surface area contributed by atoms with Crippen LogP contribution in [0.5, 0.6) is 0 Å². The second-order valence-electron chi connectivity index (χ2n) is 3.31. The van der Waals surface area contributed by atoms with Crippen LogP contribution in [-0.4, -0.2) is 15.0 Å². The molecule has 3 N–H and O–H groups in total. The van der Waals surface area contributed by atoms with Crippen molar-refractivity contribution in [3.05, 3.63) is 28.9 Å². The van der Waals surface area contributed by atoms with E-state index < -0.39 is 0 Å². The fraction of sp³-hybridized carbons (Fsp3) is 0. The summed E-state index contributed by atoms with van der Waals surface area (Å²) in [5, 5.41) is 1.05. The average Bonchev–Trinajstić information content (AvgIpc) is 2.56. The molecule has 3 rings (SSSR count). The van der Waals surface area contributed by atoms with Gasteiger partial charge in [0.25, 0.3) is 0 Å². The van der Waals surface area contributed by atoms with E-state index in [1.807, 2.05) is 18.2 Å². The molecule has 5 heteroatoms. The van der Waals surface area contributed by atoms with Gasteiger partial charge in [0.15, 0.2) is 0 Å². The molecule has 1 aromatic carbocycles. The molecule has 0 amide bonds. The van der Waals surface area contributed by atoms with Crippen molar-refractivity contribution in [1.82, 2.24) is 15.0 Å². The predicted octanol–water partition coefficient (Wildman–Crippen LogP) is 2.46. The van der Waals surface area contributed by atoms with E-state index in [0.717, 1.165) is 26.4 Å². The molecule has 0 atom stereocenters. The molecule has 0 aliphatic carbocycles. The average molecular weight is 263 g/mol. The zero-order valence-electron chi connectivity index (χ0n) is 7.66. The van der Waals surface area contributed by atoms with Gasteiger partial charge in [-0.25, -0.2) is 9.97 Å². The van der Waals surface area contributed by atoms with Crippen LogP contribution in [0.1, 0.15) is 0 Å². The molecule has 0 unspecified atom stereocenters. The van der Waals surface area contributed by atoms with Crippen molar-refractivity contribution in [2.45, 2.75) is 0 Å². The Bertz CT molecular complexity index is 603. The molecule has 2 heterocycles. The van der Waals surface area contributed by atoms with Crippen molar-refractivity contribution in [3.8, 4) is 0 Å². The summed E-state index contributed by atoms with van der Waals surface area (Å²) < 4.78 is 1.02. The molecule has 0 aliphatic rings. The number of hydrogen-bond donors (Lipinski definition) is 2. The highest BCUT2D eigenvalue weighted by atomic mass is 79.9. The first-order valence-electron chi connectivity index (χ1n) is 4.43. The summed E-state index contributed by atoms with van der Waals surface area (Å²) in [4.78, 5) is 11.4. The first-order chi connectivity index (χ1) is 7.24. The van der Waals surface area contributed by atoms with Gasteiger partial charge in [0.2, 0.25) is 5.95 Å². The predicted molar refractivity (Wildman–Crippen MR) is 63.5 cm³/mol. The minimum atomic E-state index is 0.295. The number of H-pyrrole nitrogens is 1. The van der Waals surface area contributed by atoms with Gasteiger partial charge in [0, 0.05) is 15.4 Å². The van der Waals surface area contributed by atoms with Gasteiger partial charge >= 0.3 is 0 Å². The van der Waals surface area contributed by atoms with Gasteiger partial charge in [-0.05, 0) is 18.2 Å². The van der Waals surface area contributed by atoms with E-state index in [1.165, 1.54) is 0 Å². The molecule has 74 valence electrons. The molecule has 2 aromatic heterocycles. The maximum atomic E-state index is 5.56. The van der Waals surface area contributed by atoms with Gasteiger partial charge in [-0.15, -0.1) is 0 Å². The highest BCUT2D eigenvalue weighted by molar-refractivity contribution is 9.10. The largest absolute Gasteiger partial charge is 0.368 e. The van der Waals surface area contributed by atoms with Crippen LogP contribution in [0, 0.1) is 0 Å². The molecular formula is C10H7BrN4. The van der Waals surface area contributed by atoms with E-state index in [-0.39, 0.29) is 0 Å². The summed E-state index contributed by atoms with van der Waals surface area (Å²) in [6.07, 6.45) is 1.70. The molecule has 0 fully saturated rings. The van der Waals surface area contributed by atoms with Crippen LogP contribution in [0.2, 0.25) is 0 Å². The van der Waals surface area contributed by atoms with Crippen molar-refractivity contribution >= 4 is 43.8 Å². The van der Waals surface area contributed by atoms with E-state index in [4.69, 9.17) is 5.73 Å². The lowest BCUT2D eigenvalue weighted by molar-refractivity contribution is 1.24. The van der Waals surface area contributed by atoms with E-state index in [1.54, 1.807) is 6.20 Å². The molecular weight excluding hydrogens is 256 g/mol. The summed E-state index contributed by atoms with van der Waals surface area (Å²) in [5.41, 5.74) is 8.36. The molecule has 4 nitrogen and oxygen atoms in total. The summed E-state index contributed by atoms with van der Waals surface area (Å²) in [5.74, 6) is 0.295. The Balaban J connectivity index is 2.55. The third-order valence-corrected chi connectivity index (χ3v) is 2.81. The third kappa shape index (κ3) is 1.27. The van der Waals surface area contributed by atoms with Crippen molar-refractivity contribution in [3.63, 3.8) is 0 Å². The number of anilines is 1. The van der Waals surface area contributed by atoms with Crippen molar-refractivity contribution < 1.29 is 0 Å². The van der Waals surface area contributed by atoms with Gasteiger partial charge in [-0.2, -0.15) is 0 Å². The van der Waals surface area contributed by atoms with E-state index in [9.17, 15) is 0 Å². The topological polar surface area (TPSA) is 67.6 Å². The number of aromatic nitrogens is 3. The van der Waals surface area contributed by atoms with E-state index in [2.05, 4.69) is 30.9 Å². The molecule has 0 saturated heterocycles. The Morgan fingerprint density at radius 1 is 1.27 bits per heavy atom. The lowest BCUT2D eigenvalue weighted by Gasteiger charge is -1.92. The van der Waals surface area contributed by atoms with Gasteiger partial charge in [-0.3, -0.25) is 0 Å². The molecule has 0 saturated carbocycles. The fourth-order valence-corrected chi connectivity index (χ4v) is 2.02. The van der Waals surface area contributed by atoms with Crippen LogP contribution >= 0.6 is 15.9 Å². The quantitative estimate of drug-likeness (QED) is 0.654. The maximum Gasteiger partial charge on any atom is 0.220 e. The summed E-state index contributed by atoms with van der Waals surface area (Å²) in [7, 11) is 0. The number of halogens is 1. The fourth-order valence-electron chi connectivity index (χ4n) is 1.66. The van der Waals surface area contributed by atoms with Crippen LogP contribution in [0.4, 0.5) is 5.95 Å². The first kappa shape index (κ1) is 8.67. The number of nitrogen functional groups attached to an aromatic ring is 1. The van der Waals surface area contributed by atoms with Gasteiger partial charge in [0.1, 0.15) is 5.52 Å². The van der Waals surface area contributed by atoms with Crippen LogP contribution < -0.4 is 5.73 Å². The second-order valence-corrected chi connectivity index (χ2v) is 4.22. The van der Waals surface area contributed by atoms with Gasteiger partial charge < -0.3 is 10.7 Å². The minimum absolute atomic E-state index is 0.295. The number of nitrogens with one attached hydrogen (secondary N) is 1. The Hall–Kier alpha value is -1.62. The molecule has 0 radical (unpaired) electrons. The monoisotopic (exact) mass is 262 g/mol. The Morgan fingerprint density at radius 2 is 2.13 bits per heavy atom. The number of rotatable bonds is 0. The van der Waals surface area contributed by atoms with Crippen LogP contribution in [-0.2, 0) is 0 Å². The number of nitrogens with zero attached hydrogens (tertiary/aromatic N) is 2. The SMILES string of the molecule is Nc1ncc2[nH]c3ccc(Br)cc3c2n1. The summed E-state index contributed by atoms with van der Waals surface area (Å²) >= 11 is 3.43. The molecule has 0 bridgehead atoms. The standard InChI is InChI=1S/C10H7BrN4/c11-5-1-2-7-6(3-5)9-8(14-7)4-13-10(12)15-9/h1-4,14H,(H2,12,13,15). The highest BCUT2D eigenvalue weighted by Crippen LogP contribution is 2.26. The van der Waals surface area contributed by atoms with Crippen molar-refractivity contribution in [2.24, 2.45) is 0 Å². The number of benzene rings is 1. The van der Waals surface area contributed by atoms with E-state index >= 15 is 0 Å². The number of hydrogen-bond acceptors (Lipinski definition) is 3. The normalized spacial score (nSPS) is 11.3. The van der Waals surface area contributed by atoms with Crippen molar-refractivity contribution in [1.29, 1.82) is 0 Å². The molecule has 0 aliphatic heterocycles. The Kier molecular flexibility index (Phi) is 1.70. The minimum Gasteiger partial charge on any atom is -0.368 e. The maximum absolute atomic E-state index is 5.56. The summed E-state index contributed by atoms with van der Waals surface area (Å²) in [6.45, 7) is 0. The van der Waals surface area contributed by atoms with Crippen LogP contribution in [0.15, 0.2) is 28.9 Å². The van der Waals surface area contributed by atoms with Crippen LogP contribution in [0.25, 0.3) is 21.9 Å². The first-order valence-corrected chi connectivity index (χ1v) is 5.23. The zero-order valence-corrected chi connectivity index (χ0v) is 9.25.